The van der Waals surface area contributed by atoms with Crippen LogP contribution in [0.15, 0.2) is 66.7 Å². The van der Waals surface area contributed by atoms with Crippen LogP contribution in [0.3, 0.4) is 0 Å². The summed E-state index contributed by atoms with van der Waals surface area (Å²) in [5.74, 6) is 0.728. The van der Waals surface area contributed by atoms with E-state index in [-0.39, 0.29) is 11.5 Å². The highest BCUT2D eigenvalue weighted by atomic mass is 32.2. The molecular weight excluding hydrogens is 520 g/mol. The molecule has 1 fully saturated rings. The van der Waals surface area contributed by atoms with Crippen molar-refractivity contribution in [3.63, 3.8) is 0 Å². The highest BCUT2D eigenvalue weighted by Crippen LogP contribution is 2.41. The number of piperidine rings is 1. The Kier molecular flexibility index (Phi) is 7.69. The van der Waals surface area contributed by atoms with E-state index < -0.39 is 10.0 Å². The summed E-state index contributed by atoms with van der Waals surface area (Å²) in [6.45, 7) is 3.77. The summed E-state index contributed by atoms with van der Waals surface area (Å²) in [6, 6.07) is 19.1. The summed E-state index contributed by atoms with van der Waals surface area (Å²) in [4.78, 5) is 17.0. The van der Waals surface area contributed by atoms with Gasteiger partial charge in [-0.15, -0.1) is 11.3 Å². The molecule has 0 saturated carbocycles. The first-order valence-corrected chi connectivity index (χ1v) is 15.3. The largest absolute Gasteiger partial charge is 0.508 e. The van der Waals surface area contributed by atoms with Crippen LogP contribution in [0.4, 0.5) is 5.69 Å². The van der Waals surface area contributed by atoms with Gasteiger partial charge in [0.15, 0.2) is 5.78 Å². The fraction of sp³-hybridized carbons (Fsp3) is 0.276. The zero-order valence-electron chi connectivity index (χ0n) is 21.1. The lowest BCUT2D eigenvalue weighted by Crippen LogP contribution is -2.33. The van der Waals surface area contributed by atoms with Gasteiger partial charge in [0.05, 0.1) is 6.26 Å². The van der Waals surface area contributed by atoms with Gasteiger partial charge >= 0.3 is 0 Å². The Morgan fingerprint density at radius 2 is 1.71 bits per heavy atom. The summed E-state index contributed by atoms with van der Waals surface area (Å²) >= 11 is 1.41. The van der Waals surface area contributed by atoms with Gasteiger partial charge in [0, 0.05) is 38.3 Å². The molecule has 198 valence electrons. The number of anilines is 1. The first-order valence-electron chi connectivity index (χ1n) is 12.6. The molecule has 0 unspecified atom stereocenters. The van der Waals surface area contributed by atoms with Crippen molar-refractivity contribution in [2.24, 2.45) is 0 Å². The molecule has 4 aromatic rings. The maximum absolute atomic E-state index is 13.8. The number of hydrogen-bond donors (Lipinski definition) is 2. The molecule has 9 heteroatoms. The summed E-state index contributed by atoms with van der Waals surface area (Å²) in [6.07, 6.45) is 4.90. The lowest BCUT2D eigenvalue weighted by atomic mass is 9.97. The second-order valence-corrected chi connectivity index (χ2v) is 12.3. The van der Waals surface area contributed by atoms with Gasteiger partial charge in [0.2, 0.25) is 10.0 Å². The van der Waals surface area contributed by atoms with Crippen molar-refractivity contribution in [2.45, 2.75) is 19.3 Å². The number of thiophene rings is 1. The minimum atomic E-state index is -3.39. The first kappa shape index (κ1) is 26.2. The molecule has 0 aliphatic carbocycles. The predicted octanol–water partition coefficient (Wildman–Crippen LogP) is 5.74. The van der Waals surface area contributed by atoms with E-state index in [0.29, 0.717) is 23.4 Å². The Morgan fingerprint density at radius 3 is 2.39 bits per heavy atom. The third-order valence-corrected chi connectivity index (χ3v) is 8.40. The van der Waals surface area contributed by atoms with Gasteiger partial charge in [0.1, 0.15) is 18.1 Å². The zero-order chi connectivity index (χ0) is 26.7. The number of phenols is 1. The zero-order valence-corrected chi connectivity index (χ0v) is 22.8. The number of rotatable bonds is 9. The van der Waals surface area contributed by atoms with Crippen LogP contribution in [0.1, 0.15) is 35.2 Å². The van der Waals surface area contributed by atoms with Crippen LogP contribution >= 0.6 is 11.3 Å². The Bertz CT molecular complexity index is 1540. The molecule has 7 nitrogen and oxygen atoms in total. The van der Waals surface area contributed by atoms with Gasteiger partial charge in [-0.3, -0.25) is 14.4 Å². The van der Waals surface area contributed by atoms with Crippen LogP contribution in [0.2, 0.25) is 0 Å². The third kappa shape index (κ3) is 6.18. The number of nitrogens with zero attached hydrogens (tertiary/aromatic N) is 1. The number of sulfonamides is 1. The fourth-order valence-electron chi connectivity index (χ4n) is 4.74. The number of carbonyl (C=O) groups excluding carboxylic acids is 1. The number of fused-ring (bicyclic) bond motifs is 1. The van der Waals surface area contributed by atoms with Crippen molar-refractivity contribution in [1.82, 2.24) is 4.90 Å². The Hall–Kier alpha value is -3.40. The summed E-state index contributed by atoms with van der Waals surface area (Å²) in [5, 5.41) is 10.8. The van der Waals surface area contributed by atoms with Crippen LogP contribution in [-0.2, 0) is 10.0 Å². The van der Waals surface area contributed by atoms with E-state index in [2.05, 4.69) is 9.62 Å². The van der Waals surface area contributed by atoms with Crippen molar-refractivity contribution in [2.75, 3.05) is 37.2 Å². The minimum Gasteiger partial charge on any atom is -0.508 e. The lowest BCUT2D eigenvalue weighted by Gasteiger charge is -2.26. The predicted molar refractivity (Wildman–Crippen MR) is 153 cm³/mol. The van der Waals surface area contributed by atoms with E-state index in [1.807, 2.05) is 12.1 Å². The number of ketones is 1. The third-order valence-electron chi connectivity index (χ3n) is 6.59. The number of benzene rings is 3. The molecule has 1 saturated heterocycles. The first-order chi connectivity index (χ1) is 18.3. The molecule has 2 N–H and O–H groups in total. The van der Waals surface area contributed by atoms with E-state index in [1.165, 1.54) is 30.6 Å². The second kappa shape index (κ2) is 11.1. The molecule has 1 aliphatic heterocycles. The Labute approximate surface area is 226 Å². The maximum atomic E-state index is 13.8. The average molecular weight is 551 g/mol. The van der Waals surface area contributed by atoms with Crippen molar-refractivity contribution in [3.05, 3.63) is 77.9 Å². The highest BCUT2D eigenvalue weighted by molar-refractivity contribution is 7.92. The van der Waals surface area contributed by atoms with Crippen molar-refractivity contribution >= 4 is 42.9 Å². The second-order valence-electron chi connectivity index (χ2n) is 9.54. The number of phenolic OH excluding ortho intramolecular Hbond substituents is 1. The van der Waals surface area contributed by atoms with Crippen LogP contribution in [-0.4, -0.2) is 56.7 Å². The normalized spacial score (nSPS) is 14.4. The number of nitrogens with one attached hydrogen (secondary N) is 1. The van der Waals surface area contributed by atoms with Gasteiger partial charge < -0.3 is 9.84 Å². The maximum Gasteiger partial charge on any atom is 0.229 e. The minimum absolute atomic E-state index is 0.128. The van der Waals surface area contributed by atoms with Crippen LogP contribution in [0.25, 0.3) is 20.5 Å². The summed E-state index contributed by atoms with van der Waals surface area (Å²) in [5.41, 5.74) is 2.31. The number of hydrogen-bond acceptors (Lipinski definition) is 7. The van der Waals surface area contributed by atoms with Crippen molar-refractivity contribution in [3.8, 4) is 21.9 Å². The molecule has 3 aromatic carbocycles. The molecule has 5 rings (SSSR count). The van der Waals surface area contributed by atoms with E-state index in [1.54, 1.807) is 54.6 Å². The SMILES string of the molecule is CS(=O)(=O)Nc1ccc(-c2sc3cc(O)ccc3c2C(=O)c2ccc(OCCN3CCCCC3)cc2)cc1. The molecule has 38 heavy (non-hydrogen) atoms. The molecule has 0 radical (unpaired) electrons. The molecule has 0 spiro atoms. The average Bonchev–Trinajstić information content (AvgIpc) is 3.27. The van der Waals surface area contributed by atoms with E-state index in [4.69, 9.17) is 4.74 Å². The summed E-state index contributed by atoms with van der Waals surface area (Å²) < 4.78 is 32.3. The van der Waals surface area contributed by atoms with Gasteiger partial charge in [-0.1, -0.05) is 18.6 Å². The van der Waals surface area contributed by atoms with Crippen LogP contribution in [0, 0.1) is 0 Å². The number of aromatic hydroxyl groups is 1. The monoisotopic (exact) mass is 550 g/mol. The van der Waals surface area contributed by atoms with Crippen molar-refractivity contribution < 1.29 is 23.1 Å². The van der Waals surface area contributed by atoms with Gasteiger partial charge in [-0.25, -0.2) is 8.42 Å². The van der Waals surface area contributed by atoms with Crippen LogP contribution in [0.5, 0.6) is 11.5 Å². The number of likely N-dealkylation sites (tertiary alicyclic amines) is 1. The summed E-state index contributed by atoms with van der Waals surface area (Å²) in [7, 11) is -3.39. The highest BCUT2D eigenvalue weighted by Gasteiger charge is 2.22. The fourth-order valence-corrected chi connectivity index (χ4v) is 6.54. The molecule has 2 heterocycles. The van der Waals surface area contributed by atoms with Crippen molar-refractivity contribution in [1.29, 1.82) is 0 Å². The lowest BCUT2D eigenvalue weighted by molar-refractivity contribution is 0.104. The number of carbonyl (C=O) groups is 1. The van der Waals surface area contributed by atoms with Gasteiger partial charge in [0.25, 0.3) is 0 Å². The molecule has 0 amide bonds. The van der Waals surface area contributed by atoms with Gasteiger partial charge in [-0.2, -0.15) is 0 Å². The quantitative estimate of drug-likeness (QED) is 0.258. The Balaban J connectivity index is 1.39. The number of ether oxygens (including phenoxy) is 1. The molecule has 1 aliphatic rings. The van der Waals surface area contributed by atoms with E-state index >= 15 is 0 Å². The van der Waals surface area contributed by atoms with E-state index in [9.17, 15) is 18.3 Å². The molecular formula is C29H30N2O5S2. The molecule has 0 bridgehead atoms. The standard InChI is InChI=1S/C29H30N2O5S2/c1-38(34,35)30-22-9-5-21(6-10-22)29-27(25-14-11-23(32)19-26(25)37-29)28(33)20-7-12-24(13-8-20)36-18-17-31-15-3-2-4-16-31/h5-14,19,30,32H,2-4,15-18H2,1H3. The Morgan fingerprint density at radius 1 is 1.00 bits per heavy atom. The smallest absolute Gasteiger partial charge is 0.229 e. The van der Waals surface area contributed by atoms with Crippen LogP contribution < -0.4 is 9.46 Å². The molecule has 0 atom stereocenters. The topological polar surface area (TPSA) is 95.9 Å². The van der Waals surface area contributed by atoms with E-state index in [0.717, 1.165) is 52.2 Å². The van der Waals surface area contributed by atoms with Gasteiger partial charge in [-0.05, 0) is 86.1 Å². The molecule has 1 aromatic heterocycles.